The van der Waals surface area contributed by atoms with Gasteiger partial charge in [-0.3, -0.25) is 9.69 Å². The average Bonchev–Trinajstić information content (AvgIpc) is 3.05. The largest absolute Gasteiger partial charge is 0.339 e. The Morgan fingerprint density at radius 3 is 2.35 bits per heavy atom. The van der Waals surface area contributed by atoms with Gasteiger partial charge in [0, 0.05) is 32.2 Å². The number of carbonyl (C=O) groups is 1. The maximum Gasteiger partial charge on any atom is 0.233 e. The standard InChI is InChI=1S/C19H27FN2O/c1-15(2)21-10-12-22(13-11-21)18(23)19(8-3-4-9-19)16-6-5-7-17(20)14-16/h5-7,14-15H,3-4,8-13H2,1-2H3. The Labute approximate surface area is 138 Å². The molecule has 3 rings (SSSR count). The fourth-order valence-corrected chi connectivity index (χ4v) is 4.13. The number of rotatable bonds is 3. The molecule has 0 spiro atoms. The van der Waals surface area contributed by atoms with Crippen molar-refractivity contribution < 1.29 is 9.18 Å². The smallest absolute Gasteiger partial charge is 0.233 e. The Morgan fingerprint density at radius 1 is 1.13 bits per heavy atom. The maximum absolute atomic E-state index is 13.7. The van der Waals surface area contributed by atoms with Gasteiger partial charge in [0.05, 0.1) is 5.41 Å². The third kappa shape index (κ3) is 3.14. The van der Waals surface area contributed by atoms with Crippen molar-refractivity contribution in [3.63, 3.8) is 0 Å². The zero-order valence-corrected chi connectivity index (χ0v) is 14.2. The molecule has 0 N–H and O–H groups in total. The molecule has 1 saturated carbocycles. The summed E-state index contributed by atoms with van der Waals surface area (Å²) in [6, 6.07) is 7.20. The van der Waals surface area contributed by atoms with Gasteiger partial charge in [-0.15, -0.1) is 0 Å². The molecule has 23 heavy (non-hydrogen) atoms. The van der Waals surface area contributed by atoms with Crippen LogP contribution in [0.15, 0.2) is 24.3 Å². The molecular weight excluding hydrogens is 291 g/mol. The summed E-state index contributed by atoms with van der Waals surface area (Å²) in [5, 5.41) is 0. The molecule has 0 atom stereocenters. The summed E-state index contributed by atoms with van der Waals surface area (Å²) < 4.78 is 13.7. The van der Waals surface area contributed by atoms with Crippen LogP contribution in [0.5, 0.6) is 0 Å². The molecule has 1 aliphatic carbocycles. The summed E-state index contributed by atoms with van der Waals surface area (Å²) in [5.41, 5.74) is 0.369. The van der Waals surface area contributed by atoms with Crippen molar-refractivity contribution >= 4 is 5.91 Å². The van der Waals surface area contributed by atoms with E-state index in [0.29, 0.717) is 6.04 Å². The molecule has 1 aromatic rings. The van der Waals surface area contributed by atoms with E-state index in [1.165, 1.54) is 6.07 Å². The van der Waals surface area contributed by atoms with Gasteiger partial charge in [-0.1, -0.05) is 25.0 Å². The number of carbonyl (C=O) groups excluding carboxylic acids is 1. The number of halogens is 1. The van der Waals surface area contributed by atoms with Crippen LogP contribution in [0.4, 0.5) is 4.39 Å². The molecular formula is C19H27FN2O. The van der Waals surface area contributed by atoms with Crippen LogP contribution < -0.4 is 0 Å². The Morgan fingerprint density at radius 2 is 1.78 bits per heavy atom. The van der Waals surface area contributed by atoms with E-state index >= 15 is 0 Å². The number of nitrogens with zero attached hydrogens (tertiary/aromatic N) is 2. The van der Waals surface area contributed by atoms with E-state index in [4.69, 9.17) is 0 Å². The molecule has 0 radical (unpaired) electrons. The lowest BCUT2D eigenvalue weighted by Crippen LogP contribution is -2.55. The lowest BCUT2D eigenvalue weighted by Gasteiger charge is -2.41. The van der Waals surface area contributed by atoms with Crippen LogP contribution in [0.2, 0.25) is 0 Å². The molecule has 0 aromatic heterocycles. The van der Waals surface area contributed by atoms with E-state index < -0.39 is 5.41 Å². The molecule has 2 fully saturated rings. The number of piperazine rings is 1. The van der Waals surface area contributed by atoms with Gasteiger partial charge in [-0.2, -0.15) is 0 Å². The van der Waals surface area contributed by atoms with Crippen LogP contribution in [0.25, 0.3) is 0 Å². The van der Waals surface area contributed by atoms with Gasteiger partial charge in [0.15, 0.2) is 0 Å². The van der Waals surface area contributed by atoms with Crippen molar-refractivity contribution in [2.75, 3.05) is 26.2 Å². The predicted octanol–water partition coefficient (Wildman–Crippen LogP) is 3.19. The molecule has 2 aliphatic rings. The van der Waals surface area contributed by atoms with Crippen LogP contribution in [0, 0.1) is 5.82 Å². The van der Waals surface area contributed by atoms with Gasteiger partial charge in [0.25, 0.3) is 0 Å². The SMILES string of the molecule is CC(C)N1CCN(C(=O)C2(c3cccc(F)c3)CCCC2)CC1. The lowest BCUT2D eigenvalue weighted by molar-refractivity contribution is -0.139. The van der Waals surface area contributed by atoms with Crippen molar-refractivity contribution in [3.05, 3.63) is 35.6 Å². The van der Waals surface area contributed by atoms with Gasteiger partial charge in [-0.25, -0.2) is 4.39 Å². The molecule has 1 heterocycles. The summed E-state index contributed by atoms with van der Waals surface area (Å²) in [4.78, 5) is 17.7. The quantitative estimate of drug-likeness (QED) is 0.854. The predicted molar refractivity (Wildman–Crippen MR) is 89.8 cm³/mol. The zero-order chi connectivity index (χ0) is 16.4. The van der Waals surface area contributed by atoms with E-state index in [2.05, 4.69) is 18.7 Å². The van der Waals surface area contributed by atoms with Crippen LogP contribution in [-0.4, -0.2) is 47.9 Å². The van der Waals surface area contributed by atoms with Crippen molar-refractivity contribution in [1.29, 1.82) is 0 Å². The molecule has 3 nitrogen and oxygen atoms in total. The first-order valence-corrected chi connectivity index (χ1v) is 8.82. The highest BCUT2D eigenvalue weighted by Gasteiger charge is 2.45. The van der Waals surface area contributed by atoms with Crippen molar-refractivity contribution in [1.82, 2.24) is 9.80 Å². The monoisotopic (exact) mass is 318 g/mol. The average molecular weight is 318 g/mol. The first-order valence-electron chi connectivity index (χ1n) is 8.82. The second-order valence-corrected chi connectivity index (χ2v) is 7.22. The van der Waals surface area contributed by atoms with Crippen LogP contribution in [-0.2, 0) is 10.2 Å². The Balaban J connectivity index is 1.80. The summed E-state index contributed by atoms with van der Waals surface area (Å²) in [7, 11) is 0. The second kappa shape index (κ2) is 6.60. The number of hydrogen-bond donors (Lipinski definition) is 0. The van der Waals surface area contributed by atoms with Gasteiger partial charge in [0.1, 0.15) is 5.82 Å². The summed E-state index contributed by atoms with van der Waals surface area (Å²) in [5.74, 6) is -0.0322. The first kappa shape index (κ1) is 16.4. The van der Waals surface area contributed by atoms with E-state index in [1.54, 1.807) is 12.1 Å². The van der Waals surface area contributed by atoms with Gasteiger partial charge < -0.3 is 4.90 Å². The highest BCUT2D eigenvalue weighted by Crippen LogP contribution is 2.43. The number of amides is 1. The fraction of sp³-hybridized carbons (Fsp3) is 0.632. The minimum atomic E-state index is -0.498. The highest BCUT2D eigenvalue weighted by atomic mass is 19.1. The maximum atomic E-state index is 13.7. The van der Waals surface area contributed by atoms with Gasteiger partial charge in [0.2, 0.25) is 5.91 Å². The number of hydrogen-bond acceptors (Lipinski definition) is 2. The molecule has 1 aromatic carbocycles. The number of benzene rings is 1. The van der Waals surface area contributed by atoms with Gasteiger partial charge >= 0.3 is 0 Å². The third-order valence-electron chi connectivity index (χ3n) is 5.58. The lowest BCUT2D eigenvalue weighted by atomic mass is 9.77. The summed E-state index contributed by atoms with van der Waals surface area (Å²) in [6.07, 6.45) is 3.79. The third-order valence-corrected chi connectivity index (χ3v) is 5.58. The molecule has 0 bridgehead atoms. The molecule has 1 aliphatic heterocycles. The topological polar surface area (TPSA) is 23.6 Å². The normalized spacial score (nSPS) is 21.8. The van der Waals surface area contributed by atoms with Crippen LogP contribution in [0.1, 0.15) is 45.1 Å². The van der Waals surface area contributed by atoms with Crippen molar-refractivity contribution in [2.45, 2.75) is 51.0 Å². The van der Waals surface area contributed by atoms with E-state index in [9.17, 15) is 9.18 Å². The summed E-state index contributed by atoms with van der Waals surface area (Å²) >= 11 is 0. The van der Waals surface area contributed by atoms with Crippen LogP contribution >= 0.6 is 0 Å². The molecule has 126 valence electrons. The minimum absolute atomic E-state index is 0.212. The van der Waals surface area contributed by atoms with Gasteiger partial charge in [-0.05, 0) is 44.4 Å². The van der Waals surface area contributed by atoms with E-state index in [-0.39, 0.29) is 11.7 Å². The Kier molecular flexibility index (Phi) is 4.72. The van der Waals surface area contributed by atoms with Crippen molar-refractivity contribution in [3.8, 4) is 0 Å². The molecule has 4 heteroatoms. The van der Waals surface area contributed by atoms with Crippen LogP contribution in [0.3, 0.4) is 0 Å². The minimum Gasteiger partial charge on any atom is -0.339 e. The highest BCUT2D eigenvalue weighted by molar-refractivity contribution is 5.88. The second-order valence-electron chi connectivity index (χ2n) is 7.22. The van der Waals surface area contributed by atoms with E-state index in [1.807, 2.05) is 11.0 Å². The molecule has 1 amide bonds. The zero-order valence-electron chi connectivity index (χ0n) is 14.2. The first-order chi connectivity index (χ1) is 11.0. The van der Waals surface area contributed by atoms with E-state index in [0.717, 1.165) is 57.4 Å². The fourth-order valence-electron chi connectivity index (χ4n) is 4.13. The Bertz CT molecular complexity index is 558. The molecule has 0 unspecified atom stereocenters. The summed E-state index contributed by atoms with van der Waals surface area (Å²) in [6.45, 7) is 7.83. The Hall–Kier alpha value is -1.42. The van der Waals surface area contributed by atoms with Crippen molar-refractivity contribution in [2.24, 2.45) is 0 Å². The molecule has 1 saturated heterocycles.